The Kier molecular flexibility index (Phi) is 24.5. The van der Waals surface area contributed by atoms with Crippen LogP contribution in [0, 0.1) is 0 Å². The minimum absolute atomic E-state index is 0.0382. The van der Waals surface area contributed by atoms with Gasteiger partial charge in [-0.1, -0.05) is 54.6 Å². The summed E-state index contributed by atoms with van der Waals surface area (Å²) in [4.78, 5) is 154. The Labute approximate surface area is 509 Å². The van der Waals surface area contributed by atoms with Crippen LogP contribution < -0.4 is 54.4 Å². The summed E-state index contributed by atoms with van der Waals surface area (Å²) in [7, 11) is 0. The van der Waals surface area contributed by atoms with Crippen LogP contribution in [0.25, 0.3) is 10.9 Å². The average molecular weight is 1240 g/mol. The molecule has 1 aliphatic heterocycles. The maximum Gasteiger partial charge on any atom is 0.328 e. The first-order valence-corrected chi connectivity index (χ1v) is 28.5. The van der Waals surface area contributed by atoms with E-state index in [0.29, 0.717) is 33.2 Å². The molecule has 1 aromatic heterocycles. The Hall–Kier alpha value is -10.1. The molecular formula is C60H74N12O17. The molecule has 1 aliphatic rings. The number of hydrogen-bond donors (Lipinski definition) is 17. The zero-order valence-electron chi connectivity index (χ0n) is 48.4. The number of phenols is 3. The second-order valence-corrected chi connectivity index (χ2v) is 21.6. The van der Waals surface area contributed by atoms with E-state index in [9.17, 15) is 83.4 Å². The van der Waals surface area contributed by atoms with Crippen LogP contribution in [0.4, 0.5) is 0 Å². The topological polar surface area (TPSA) is 490 Å². The Morgan fingerprint density at radius 2 is 1.00 bits per heavy atom. The van der Waals surface area contributed by atoms with Crippen LogP contribution in [0.3, 0.4) is 0 Å². The number of amides is 10. The van der Waals surface area contributed by atoms with Crippen LogP contribution in [0.1, 0.15) is 67.7 Å². The summed E-state index contributed by atoms with van der Waals surface area (Å²) in [6.07, 6.45) is -2.03. The number of phenolic OH excluding ortho intramolecular Hbond substituents is 3. The van der Waals surface area contributed by atoms with Gasteiger partial charge in [0.15, 0.2) is 6.04 Å². The molecular weight excluding hydrogens is 1160 g/mol. The number of aromatic amines is 1. The highest BCUT2D eigenvalue weighted by Gasteiger charge is 2.41. The third-order valence-electron chi connectivity index (χ3n) is 14.8. The molecule has 0 aliphatic carbocycles. The van der Waals surface area contributed by atoms with E-state index in [-0.39, 0.29) is 81.6 Å². The van der Waals surface area contributed by atoms with Gasteiger partial charge < -0.3 is 94.9 Å². The van der Waals surface area contributed by atoms with Crippen molar-refractivity contribution in [3.05, 3.63) is 126 Å². The Bertz CT molecular complexity index is 3340. The number of aliphatic hydroxyl groups is 2. The van der Waals surface area contributed by atoms with Gasteiger partial charge in [0.25, 0.3) is 0 Å². The van der Waals surface area contributed by atoms with Crippen LogP contribution in [0.15, 0.2) is 103 Å². The first kappa shape index (κ1) is 68.0. The van der Waals surface area contributed by atoms with Crippen LogP contribution in [-0.4, -0.2) is 179 Å². The highest BCUT2D eigenvalue weighted by atomic mass is 16.4. The van der Waals surface area contributed by atoms with Gasteiger partial charge in [0.05, 0.1) is 18.8 Å². The van der Waals surface area contributed by atoms with E-state index >= 15 is 0 Å². The standard InChI is InChI=1S/C60H74N12O17/c1-31(74)51(60(88)89)71-56(84)45(28-35-29-64-41-6-3-2-5-39(35)41)68-58(86)48-7-4-24-72(48)59(87)46(27-34-12-18-38(77)19-13-34)69-57(85)47(30-73)70-55(83)44(26-33-10-16-37(76)17-11-33)67-54(82)43(25-32-8-14-36(75)15-9-32)66-53(81)42(21-23-50(63)79)65-52(80)40(61)20-22-49(62)78/h2-3,5-6,8-19,29,31,40,42-48,51,64,73-77H,4,7,20-28,30,61H2,1H3,(H2,62,78)(H2,63,79)(H,65,80)(H,66,81)(H,67,82)(H,68,86)(H,69,85)(H,70,83)(H,71,84)(H,88,89). The molecule has 0 saturated carbocycles. The van der Waals surface area contributed by atoms with E-state index < -0.39 is 139 Å². The minimum atomic E-state index is -1.87. The normalized spacial score (nSPS) is 15.9. The number of nitrogens with zero attached hydrogens (tertiary/aromatic N) is 1. The van der Waals surface area contributed by atoms with Crippen molar-refractivity contribution in [3.63, 3.8) is 0 Å². The Morgan fingerprint density at radius 3 is 1.51 bits per heavy atom. The fourth-order valence-electron chi connectivity index (χ4n) is 9.91. The number of benzene rings is 4. The fourth-order valence-corrected chi connectivity index (χ4v) is 9.91. The number of carbonyl (C=O) groups is 11. The maximum absolute atomic E-state index is 14.9. The summed E-state index contributed by atoms with van der Waals surface area (Å²) in [6.45, 7) is 0.0227. The van der Waals surface area contributed by atoms with Gasteiger partial charge in [-0.05, 0) is 97.3 Å². The molecule has 29 heteroatoms. The molecule has 5 aromatic rings. The summed E-state index contributed by atoms with van der Waals surface area (Å²) in [6, 6.07) is 9.47. The SMILES string of the molecule is CC(O)C(NC(=O)C(Cc1c[nH]c2ccccc12)NC(=O)C1CCCN1C(=O)C(Cc1ccc(O)cc1)NC(=O)C(CO)NC(=O)C(Cc1ccc(O)cc1)NC(=O)C(Cc1ccc(O)cc1)NC(=O)C(CCC(N)=O)NC(=O)C(N)CCC(N)=O)C(=O)O. The van der Waals surface area contributed by atoms with Crippen LogP contribution >= 0.6 is 0 Å². The van der Waals surface area contributed by atoms with Crippen molar-refractivity contribution in [2.24, 2.45) is 17.2 Å². The molecule has 0 bridgehead atoms. The van der Waals surface area contributed by atoms with Gasteiger partial charge in [-0.2, -0.15) is 0 Å². The molecule has 10 unspecified atom stereocenters. The zero-order chi connectivity index (χ0) is 65.1. The number of H-pyrrole nitrogens is 1. The molecule has 10 amide bonds. The lowest BCUT2D eigenvalue weighted by Crippen LogP contribution is -2.61. The predicted molar refractivity (Wildman–Crippen MR) is 317 cm³/mol. The van der Waals surface area contributed by atoms with Crippen molar-refractivity contribution in [1.29, 1.82) is 0 Å². The van der Waals surface area contributed by atoms with E-state index in [1.54, 1.807) is 30.5 Å². The van der Waals surface area contributed by atoms with E-state index in [1.165, 1.54) is 77.7 Å². The van der Waals surface area contributed by atoms with E-state index in [4.69, 9.17) is 17.2 Å². The summed E-state index contributed by atoms with van der Waals surface area (Å²) < 4.78 is 0. The lowest BCUT2D eigenvalue weighted by atomic mass is 10.0. The molecule has 476 valence electrons. The molecule has 2 heterocycles. The summed E-state index contributed by atoms with van der Waals surface area (Å²) in [5.41, 5.74) is 18.9. The number of carbonyl (C=O) groups excluding carboxylic acids is 10. The third kappa shape index (κ3) is 20.0. The number of aliphatic carboxylic acids is 1. The van der Waals surface area contributed by atoms with Gasteiger partial charge in [-0.3, -0.25) is 47.9 Å². The average Bonchev–Trinajstić information content (AvgIpc) is 2.95. The van der Waals surface area contributed by atoms with Gasteiger partial charge in [0, 0.05) is 62.2 Å². The second kappa shape index (κ2) is 32.0. The summed E-state index contributed by atoms with van der Waals surface area (Å²) in [5, 5.41) is 79.1. The number of rotatable bonds is 32. The molecule has 6 rings (SSSR count). The number of fused-ring (bicyclic) bond motifs is 1. The summed E-state index contributed by atoms with van der Waals surface area (Å²) in [5.74, 6) is -11.4. The van der Waals surface area contributed by atoms with Gasteiger partial charge in [-0.25, -0.2) is 4.79 Å². The van der Waals surface area contributed by atoms with Crippen molar-refractivity contribution in [2.75, 3.05) is 13.2 Å². The highest BCUT2D eigenvalue weighted by molar-refractivity contribution is 5.99. The predicted octanol–water partition coefficient (Wildman–Crippen LogP) is -2.74. The number of aromatic nitrogens is 1. The number of nitrogens with two attached hydrogens (primary N) is 3. The second-order valence-electron chi connectivity index (χ2n) is 21.6. The largest absolute Gasteiger partial charge is 0.508 e. The molecule has 1 fully saturated rings. The highest BCUT2D eigenvalue weighted by Crippen LogP contribution is 2.24. The van der Waals surface area contributed by atoms with Crippen molar-refractivity contribution >= 4 is 75.9 Å². The minimum Gasteiger partial charge on any atom is -0.508 e. The quantitative estimate of drug-likeness (QED) is 0.0208. The van der Waals surface area contributed by atoms with E-state index in [2.05, 4.69) is 42.2 Å². The first-order chi connectivity index (χ1) is 42.3. The molecule has 20 N–H and O–H groups in total. The summed E-state index contributed by atoms with van der Waals surface area (Å²) >= 11 is 0. The number of hydrogen-bond acceptors (Lipinski definition) is 17. The third-order valence-corrected chi connectivity index (χ3v) is 14.8. The van der Waals surface area contributed by atoms with Crippen molar-refractivity contribution in [1.82, 2.24) is 47.1 Å². The maximum atomic E-state index is 14.9. The number of nitrogens with one attached hydrogen (secondary N) is 8. The van der Waals surface area contributed by atoms with Gasteiger partial charge >= 0.3 is 5.97 Å². The smallest absolute Gasteiger partial charge is 0.328 e. The van der Waals surface area contributed by atoms with Crippen molar-refractivity contribution in [2.45, 2.75) is 132 Å². The molecule has 4 aromatic carbocycles. The first-order valence-electron chi connectivity index (χ1n) is 28.5. The number of aliphatic hydroxyl groups excluding tert-OH is 2. The fraction of sp³-hybridized carbons (Fsp3) is 0.383. The zero-order valence-corrected chi connectivity index (χ0v) is 48.4. The Balaban J connectivity index is 1.25. The lowest BCUT2D eigenvalue weighted by Gasteiger charge is -2.31. The number of aromatic hydroxyl groups is 3. The number of likely N-dealkylation sites (tertiary alicyclic amines) is 1. The molecule has 10 atom stereocenters. The molecule has 1 saturated heterocycles. The molecule has 0 spiro atoms. The number of para-hydroxylation sites is 1. The Morgan fingerprint density at radius 1 is 0.562 bits per heavy atom. The van der Waals surface area contributed by atoms with Gasteiger partial charge in [0.2, 0.25) is 59.1 Å². The molecule has 89 heavy (non-hydrogen) atoms. The monoisotopic (exact) mass is 1230 g/mol. The van der Waals surface area contributed by atoms with Gasteiger partial charge in [-0.15, -0.1) is 0 Å². The van der Waals surface area contributed by atoms with Crippen LogP contribution in [-0.2, 0) is 78.4 Å². The van der Waals surface area contributed by atoms with E-state index in [1.807, 2.05) is 0 Å². The van der Waals surface area contributed by atoms with Crippen molar-refractivity contribution < 1.29 is 83.4 Å². The van der Waals surface area contributed by atoms with Crippen LogP contribution in [0.5, 0.6) is 17.2 Å². The van der Waals surface area contributed by atoms with Crippen LogP contribution in [0.2, 0.25) is 0 Å². The molecule has 0 radical (unpaired) electrons. The van der Waals surface area contributed by atoms with E-state index in [0.717, 1.165) is 6.92 Å². The molecule has 29 nitrogen and oxygen atoms in total. The lowest BCUT2D eigenvalue weighted by molar-refractivity contribution is -0.145. The number of carboxylic acid groups (broad SMARTS) is 1. The number of primary amides is 2. The van der Waals surface area contributed by atoms with Crippen molar-refractivity contribution in [3.8, 4) is 17.2 Å². The van der Waals surface area contributed by atoms with Gasteiger partial charge in [0.1, 0.15) is 59.5 Å². The number of carboxylic acids is 1.